The number of nitrogens with one attached hydrogen (secondary N) is 1. The van der Waals surface area contributed by atoms with Gasteiger partial charge in [-0.1, -0.05) is 19.1 Å². The maximum atomic E-state index is 14.0. The Balaban J connectivity index is 1.52. The van der Waals surface area contributed by atoms with Crippen LogP contribution < -0.4 is 5.32 Å². The van der Waals surface area contributed by atoms with Crippen LogP contribution in [0.1, 0.15) is 36.2 Å². The lowest BCUT2D eigenvalue weighted by atomic mass is 9.99. The maximum absolute atomic E-state index is 14.0. The number of aromatic nitrogens is 1. The first kappa shape index (κ1) is 25.3. The summed E-state index contributed by atoms with van der Waals surface area (Å²) < 4.78 is 54.5. The maximum Gasteiger partial charge on any atom is 0.416 e. The van der Waals surface area contributed by atoms with Crippen LogP contribution in [0.25, 0.3) is 0 Å². The summed E-state index contributed by atoms with van der Waals surface area (Å²) in [6.45, 7) is 2.83. The summed E-state index contributed by atoms with van der Waals surface area (Å²) in [5.74, 6) is -0.722. The quantitative estimate of drug-likeness (QED) is 0.451. The molecule has 0 radical (unpaired) electrons. The van der Waals surface area contributed by atoms with Crippen LogP contribution in [0.5, 0.6) is 0 Å². The minimum atomic E-state index is -4.48. The number of benzene rings is 2. The van der Waals surface area contributed by atoms with Crippen LogP contribution in [-0.2, 0) is 17.5 Å². The number of nitrogens with zero attached hydrogens (tertiary/aromatic N) is 3. The molecule has 0 bridgehead atoms. The Hall–Kier alpha value is -3.82. The highest BCUT2D eigenvalue weighted by molar-refractivity contribution is 5.92. The largest absolute Gasteiger partial charge is 0.416 e. The molecule has 36 heavy (non-hydrogen) atoms. The summed E-state index contributed by atoms with van der Waals surface area (Å²) in [5, 5.41) is 2.57. The van der Waals surface area contributed by atoms with Gasteiger partial charge in [0.1, 0.15) is 12.4 Å². The van der Waals surface area contributed by atoms with E-state index in [0.29, 0.717) is 25.1 Å². The van der Waals surface area contributed by atoms with E-state index in [1.165, 1.54) is 29.2 Å². The van der Waals surface area contributed by atoms with E-state index in [1.54, 1.807) is 17.0 Å². The van der Waals surface area contributed by atoms with Crippen molar-refractivity contribution in [3.05, 3.63) is 89.5 Å². The van der Waals surface area contributed by atoms with Gasteiger partial charge < -0.3 is 19.7 Å². The van der Waals surface area contributed by atoms with E-state index in [9.17, 15) is 27.2 Å². The van der Waals surface area contributed by atoms with Gasteiger partial charge in [-0.05, 0) is 60.5 Å². The normalized spacial score (nSPS) is 15.4. The van der Waals surface area contributed by atoms with E-state index in [1.807, 2.05) is 29.8 Å². The van der Waals surface area contributed by atoms with Gasteiger partial charge in [0.25, 0.3) is 0 Å². The minimum absolute atomic E-state index is 0.190. The summed E-state index contributed by atoms with van der Waals surface area (Å²) in [6, 6.07) is 12.9. The SMILES string of the molecule is CCCN(CC(=O)N1CCn2cccc2C1c1cccc(F)c1)C(=O)Nc1ccc(C(F)(F)F)cc1. The number of urea groups is 1. The van der Waals surface area contributed by atoms with Gasteiger partial charge in [-0.25, -0.2) is 9.18 Å². The Morgan fingerprint density at radius 2 is 1.81 bits per heavy atom. The molecular formula is C26H26F4N4O2. The first-order chi connectivity index (χ1) is 17.2. The number of hydrogen-bond acceptors (Lipinski definition) is 2. The van der Waals surface area contributed by atoms with E-state index in [4.69, 9.17) is 0 Å². The Morgan fingerprint density at radius 3 is 2.47 bits per heavy atom. The number of rotatable bonds is 6. The smallest absolute Gasteiger partial charge is 0.348 e. The van der Waals surface area contributed by atoms with Crippen molar-refractivity contribution < 1.29 is 27.2 Å². The van der Waals surface area contributed by atoms with E-state index >= 15 is 0 Å². The first-order valence-corrected chi connectivity index (χ1v) is 11.6. The van der Waals surface area contributed by atoms with Gasteiger partial charge in [0.15, 0.2) is 0 Å². The molecule has 0 saturated heterocycles. The van der Waals surface area contributed by atoms with Crippen molar-refractivity contribution in [1.82, 2.24) is 14.4 Å². The van der Waals surface area contributed by atoms with Crippen LogP contribution in [0.2, 0.25) is 0 Å². The van der Waals surface area contributed by atoms with Gasteiger partial charge in [-0.15, -0.1) is 0 Å². The van der Waals surface area contributed by atoms with Gasteiger partial charge >= 0.3 is 12.2 Å². The molecule has 3 amide bonds. The molecule has 1 unspecified atom stereocenters. The highest BCUT2D eigenvalue weighted by Crippen LogP contribution is 2.33. The zero-order chi connectivity index (χ0) is 25.9. The topological polar surface area (TPSA) is 57.6 Å². The molecule has 1 N–H and O–H groups in total. The number of amides is 3. The number of carbonyl (C=O) groups excluding carboxylic acids is 2. The van der Waals surface area contributed by atoms with Gasteiger partial charge in [0.2, 0.25) is 5.91 Å². The average molecular weight is 503 g/mol. The first-order valence-electron chi connectivity index (χ1n) is 11.6. The van der Waals surface area contributed by atoms with Crippen LogP contribution in [0.4, 0.5) is 28.0 Å². The monoisotopic (exact) mass is 502 g/mol. The molecule has 10 heteroatoms. The summed E-state index contributed by atoms with van der Waals surface area (Å²) in [4.78, 5) is 29.4. The fourth-order valence-corrected chi connectivity index (χ4v) is 4.40. The highest BCUT2D eigenvalue weighted by Gasteiger charge is 2.34. The molecule has 2 heterocycles. The van der Waals surface area contributed by atoms with Crippen molar-refractivity contribution in [3.63, 3.8) is 0 Å². The van der Waals surface area contributed by atoms with Crippen molar-refractivity contribution in [2.75, 3.05) is 25.0 Å². The lowest BCUT2D eigenvalue weighted by Crippen LogP contribution is -2.48. The van der Waals surface area contributed by atoms with Crippen LogP contribution in [-0.4, -0.2) is 45.9 Å². The lowest BCUT2D eigenvalue weighted by molar-refractivity contribution is -0.137. The third-order valence-corrected chi connectivity index (χ3v) is 6.09. The summed E-state index contributed by atoms with van der Waals surface area (Å²) in [5.41, 5.74) is 0.838. The summed E-state index contributed by atoms with van der Waals surface area (Å²) in [6.07, 6.45) is -2.00. The van der Waals surface area contributed by atoms with Crippen LogP contribution in [0.15, 0.2) is 66.9 Å². The van der Waals surface area contributed by atoms with Crippen LogP contribution in [0, 0.1) is 5.82 Å². The molecule has 1 aromatic heterocycles. The van der Waals surface area contributed by atoms with Crippen LogP contribution in [0.3, 0.4) is 0 Å². The van der Waals surface area contributed by atoms with Crippen molar-refractivity contribution in [2.24, 2.45) is 0 Å². The Kier molecular flexibility index (Phi) is 7.32. The molecule has 1 aliphatic heterocycles. The molecule has 190 valence electrons. The van der Waals surface area contributed by atoms with E-state index in [2.05, 4.69) is 5.32 Å². The molecular weight excluding hydrogens is 476 g/mol. The summed E-state index contributed by atoms with van der Waals surface area (Å²) in [7, 11) is 0. The Morgan fingerprint density at radius 1 is 1.06 bits per heavy atom. The number of halogens is 4. The molecule has 0 aliphatic carbocycles. The van der Waals surface area contributed by atoms with E-state index in [-0.39, 0.29) is 24.7 Å². The van der Waals surface area contributed by atoms with Gasteiger partial charge in [0.05, 0.1) is 11.6 Å². The van der Waals surface area contributed by atoms with Crippen molar-refractivity contribution in [1.29, 1.82) is 0 Å². The number of hydrogen-bond donors (Lipinski definition) is 1. The number of alkyl halides is 3. The molecule has 1 atom stereocenters. The predicted octanol–water partition coefficient (Wildman–Crippen LogP) is 5.52. The number of anilines is 1. The lowest BCUT2D eigenvalue weighted by Gasteiger charge is -2.38. The Bertz CT molecular complexity index is 1220. The fraction of sp³-hybridized carbons (Fsp3) is 0.308. The fourth-order valence-electron chi connectivity index (χ4n) is 4.40. The van der Waals surface area contributed by atoms with Gasteiger partial charge in [-0.3, -0.25) is 4.79 Å². The molecule has 6 nitrogen and oxygen atoms in total. The van der Waals surface area contributed by atoms with Gasteiger partial charge in [0, 0.05) is 37.2 Å². The zero-order valence-electron chi connectivity index (χ0n) is 19.6. The number of fused-ring (bicyclic) bond motifs is 1. The molecule has 0 saturated carbocycles. The van der Waals surface area contributed by atoms with Gasteiger partial charge in [-0.2, -0.15) is 13.2 Å². The predicted molar refractivity (Wildman–Crippen MR) is 127 cm³/mol. The molecule has 1 aliphatic rings. The zero-order valence-corrected chi connectivity index (χ0v) is 19.6. The minimum Gasteiger partial charge on any atom is -0.348 e. The standard InChI is InChI=1S/C26H26F4N4O2/c1-2-12-33(25(36)31-21-10-8-19(9-11-21)26(28,29)30)17-23(35)34-15-14-32-13-4-7-22(32)24(34)18-5-3-6-20(27)16-18/h3-11,13,16,24H,2,12,14-15,17H2,1H3,(H,31,36). The van der Waals surface area contributed by atoms with E-state index in [0.717, 1.165) is 17.8 Å². The molecule has 0 spiro atoms. The second-order valence-electron chi connectivity index (χ2n) is 8.60. The molecule has 0 fully saturated rings. The van der Waals surface area contributed by atoms with Crippen molar-refractivity contribution in [3.8, 4) is 0 Å². The van der Waals surface area contributed by atoms with Crippen molar-refractivity contribution >= 4 is 17.6 Å². The second kappa shape index (κ2) is 10.4. The Labute approximate surface area is 206 Å². The number of carbonyl (C=O) groups is 2. The second-order valence-corrected chi connectivity index (χ2v) is 8.60. The average Bonchev–Trinajstić information content (AvgIpc) is 3.32. The molecule has 3 aromatic rings. The molecule has 4 rings (SSSR count). The van der Waals surface area contributed by atoms with E-state index < -0.39 is 29.6 Å². The van der Waals surface area contributed by atoms with Crippen LogP contribution >= 0.6 is 0 Å². The highest BCUT2D eigenvalue weighted by atomic mass is 19.4. The third-order valence-electron chi connectivity index (χ3n) is 6.09. The molecule has 2 aromatic carbocycles. The van der Waals surface area contributed by atoms with Crippen molar-refractivity contribution in [2.45, 2.75) is 32.1 Å². The summed E-state index contributed by atoms with van der Waals surface area (Å²) >= 11 is 0. The third kappa shape index (κ3) is 5.53.